The van der Waals surface area contributed by atoms with Crippen LogP contribution in [0.1, 0.15) is 30.5 Å². The molecule has 0 aromatic heterocycles. The first-order valence-electron chi connectivity index (χ1n) is 6.43. The van der Waals surface area contributed by atoms with Gasteiger partial charge in [0.1, 0.15) is 0 Å². The molecule has 1 fully saturated rings. The average molecular weight is 253 g/mol. The second-order valence-electron chi connectivity index (χ2n) is 4.68. The minimum Gasteiger partial charge on any atom is -0.314 e. The predicted octanol–water partition coefficient (Wildman–Crippen LogP) is 3.00. The van der Waals surface area contributed by atoms with E-state index in [2.05, 4.69) is 30.1 Å². The highest BCUT2D eigenvalue weighted by Gasteiger charge is 2.23. The Kier molecular flexibility index (Phi) is 4.43. The van der Waals surface area contributed by atoms with Crippen LogP contribution in [0.4, 0.5) is 0 Å². The van der Waals surface area contributed by atoms with Gasteiger partial charge in [0.2, 0.25) is 0 Å². The highest BCUT2D eigenvalue weighted by Crippen LogP contribution is 2.32. The highest BCUT2D eigenvalue weighted by atomic mass is 35.5. The van der Waals surface area contributed by atoms with Crippen molar-refractivity contribution in [2.75, 3.05) is 26.2 Å². The molecule has 3 heteroatoms. The van der Waals surface area contributed by atoms with Crippen LogP contribution in [0.2, 0.25) is 5.02 Å². The molecule has 0 aliphatic carbocycles. The summed E-state index contributed by atoms with van der Waals surface area (Å²) in [4.78, 5) is 2.55. The van der Waals surface area contributed by atoms with Crippen LogP contribution in [0, 0.1) is 6.92 Å². The lowest BCUT2D eigenvalue weighted by atomic mass is 9.97. The van der Waals surface area contributed by atoms with E-state index >= 15 is 0 Å². The number of hydrogen-bond donors (Lipinski definition) is 1. The number of piperazine rings is 1. The molecular weight excluding hydrogens is 232 g/mol. The number of nitrogens with one attached hydrogen (secondary N) is 1. The second-order valence-corrected chi connectivity index (χ2v) is 5.09. The van der Waals surface area contributed by atoms with E-state index < -0.39 is 0 Å². The molecule has 1 saturated heterocycles. The average Bonchev–Trinajstić information content (AvgIpc) is 2.35. The van der Waals surface area contributed by atoms with Gasteiger partial charge < -0.3 is 5.32 Å². The fraction of sp³-hybridized carbons (Fsp3) is 0.571. The lowest BCUT2D eigenvalue weighted by Gasteiger charge is -2.35. The van der Waals surface area contributed by atoms with Gasteiger partial charge in [-0.15, -0.1) is 0 Å². The maximum Gasteiger partial charge on any atom is 0.0456 e. The van der Waals surface area contributed by atoms with Crippen molar-refractivity contribution < 1.29 is 0 Å². The van der Waals surface area contributed by atoms with Gasteiger partial charge in [-0.25, -0.2) is 0 Å². The van der Waals surface area contributed by atoms with Crippen LogP contribution in [0.15, 0.2) is 18.2 Å². The van der Waals surface area contributed by atoms with Crippen LogP contribution in [-0.2, 0) is 0 Å². The fourth-order valence-corrected chi connectivity index (χ4v) is 3.05. The summed E-state index contributed by atoms with van der Waals surface area (Å²) in [5.74, 6) is 0. The van der Waals surface area contributed by atoms with Crippen molar-refractivity contribution in [2.45, 2.75) is 26.3 Å². The molecule has 1 heterocycles. The molecule has 0 saturated carbocycles. The third kappa shape index (κ3) is 2.82. The highest BCUT2D eigenvalue weighted by molar-refractivity contribution is 6.31. The molecule has 17 heavy (non-hydrogen) atoms. The van der Waals surface area contributed by atoms with E-state index in [1.165, 1.54) is 11.1 Å². The first-order chi connectivity index (χ1) is 8.24. The zero-order valence-electron chi connectivity index (χ0n) is 10.7. The van der Waals surface area contributed by atoms with E-state index in [9.17, 15) is 0 Å². The number of rotatable bonds is 3. The van der Waals surface area contributed by atoms with Crippen molar-refractivity contribution in [3.05, 3.63) is 34.3 Å². The number of halogens is 1. The quantitative estimate of drug-likeness (QED) is 0.890. The predicted molar refractivity (Wildman–Crippen MR) is 73.7 cm³/mol. The van der Waals surface area contributed by atoms with Gasteiger partial charge in [-0.1, -0.05) is 30.7 Å². The summed E-state index contributed by atoms with van der Waals surface area (Å²) in [5, 5.41) is 4.31. The van der Waals surface area contributed by atoms with Gasteiger partial charge in [-0.3, -0.25) is 4.90 Å². The van der Waals surface area contributed by atoms with Crippen LogP contribution >= 0.6 is 11.6 Å². The van der Waals surface area contributed by atoms with Gasteiger partial charge in [0.15, 0.2) is 0 Å². The Labute approximate surface area is 109 Å². The first-order valence-corrected chi connectivity index (χ1v) is 6.81. The van der Waals surface area contributed by atoms with Crippen LogP contribution in [-0.4, -0.2) is 31.1 Å². The Balaban J connectivity index is 2.27. The molecule has 0 spiro atoms. The maximum atomic E-state index is 6.38. The van der Waals surface area contributed by atoms with Crippen molar-refractivity contribution in [2.24, 2.45) is 0 Å². The monoisotopic (exact) mass is 252 g/mol. The minimum absolute atomic E-state index is 0.464. The fourth-order valence-electron chi connectivity index (χ4n) is 2.71. The van der Waals surface area contributed by atoms with Crippen LogP contribution in [0.5, 0.6) is 0 Å². The topological polar surface area (TPSA) is 15.3 Å². The standard InChI is InChI=1S/C14H21ClN2/c1-3-13(17-9-7-16-8-10-17)14-11(2)5-4-6-12(14)15/h4-6,13,16H,3,7-10H2,1-2H3/t13-/m0/s1. The van der Waals surface area contributed by atoms with Crippen molar-refractivity contribution in [1.29, 1.82) is 0 Å². The Bertz CT molecular complexity index is 352. The molecule has 1 aliphatic heterocycles. The molecule has 2 rings (SSSR count). The van der Waals surface area contributed by atoms with Gasteiger partial charge >= 0.3 is 0 Å². The van der Waals surface area contributed by atoms with Crippen molar-refractivity contribution in [1.82, 2.24) is 10.2 Å². The molecule has 1 N–H and O–H groups in total. The summed E-state index contributed by atoms with van der Waals surface area (Å²) < 4.78 is 0. The van der Waals surface area contributed by atoms with Gasteiger partial charge in [0, 0.05) is 37.2 Å². The third-order valence-electron chi connectivity index (χ3n) is 3.58. The van der Waals surface area contributed by atoms with E-state index in [4.69, 9.17) is 11.6 Å². The Hall–Kier alpha value is -0.570. The summed E-state index contributed by atoms with van der Waals surface area (Å²) >= 11 is 6.38. The largest absolute Gasteiger partial charge is 0.314 e. The lowest BCUT2D eigenvalue weighted by molar-refractivity contribution is 0.169. The molecule has 0 amide bonds. The van der Waals surface area contributed by atoms with Gasteiger partial charge in [0.25, 0.3) is 0 Å². The normalized spacial score (nSPS) is 19.2. The van der Waals surface area contributed by atoms with Crippen LogP contribution in [0.25, 0.3) is 0 Å². The summed E-state index contributed by atoms with van der Waals surface area (Å²) in [6, 6.07) is 6.66. The number of nitrogens with zero attached hydrogens (tertiary/aromatic N) is 1. The van der Waals surface area contributed by atoms with Gasteiger partial charge in [-0.2, -0.15) is 0 Å². The molecule has 0 unspecified atom stereocenters. The smallest absolute Gasteiger partial charge is 0.0456 e. The molecule has 0 bridgehead atoms. The molecule has 1 aliphatic rings. The van der Waals surface area contributed by atoms with E-state index in [1.54, 1.807) is 0 Å². The van der Waals surface area contributed by atoms with Crippen LogP contribution < -0.4 is 5.32 Å². The van der Waals surface area contributed by atoms with E-state index in [-0.39, 0.29) is 0 Å². The summed E-state index contributed by atoms with van der Waals surface area (Å²) in [6.07, 6.45) is 1.12. The van der Waals surface area contributed by atoms with Crippen LogP contribution in [0.3, 0.4) is 0 Å². The Morgan fingerprint density at radius 2 is 2.06 bits per heavy atom. The first kappa shape index (κ1) is 12.9. The zero-order chi connectivity index (χ0) is 12.3. The zero-order valence-corrected chi connectivity index (χ0v) is 11.4. The molecule has 2 nitrogen and oxygen atoms in total. The summed E-state index contributed by atoms with van der Waals surface area (Å²) in [5.41, 5.74) is 2.63. The molecule has 94 valence electrons. The van der Waals surface area contributed by atoms with E-state index in [0.717, 1.165) is 37.6 Å². The molecule has 1 aromatic carbocycles. The maximum absolute atomic E-state index is 6.38. The number of benzene rings is 1. The van der Waals surface area contributed by atoms with Gasteiger partial charge in [-0.05, 0) is 30.5 Å². The second kappa shape index (κ2) is 5.85. The van der Waals surface area contributed by atoms with Gasteiger partial charge in [0.05, 0.1) is 0 Å². The summed E-state index contributed by atoms with van der Waals surface area (Å²) in [6.45, 7) is 8.80. The van der Waals surface area contributed by atoms with Crippen molar-refractivity contribution >= 4 is 11.6 Å². The minimum atomic E-state index is 0.464. The molecule has 0 radical (unpaired) electrons. The third-order valence-corrected chi connectivity index (χ3v) is 3.91. The molecular formula is C14H21ClN2. The van der Waals surface area contributed by atoms with E-state index in [1.807, 2.05) is 12.1 Å². The SMILES string of the molecule is CC[C@@H](c1c(C)cccc1Cl)N1CCNCC1. The number of aryl methyl sites for hydroxylation is 1. The van der Waals surface area contributed by atoms with E-state index in [0.29, 0.717) is 6.04 Å². The Morgan fingerprint density at radius 3 is 2.65 bits per heavy atom. The van der Waals surface area contributed by atoms with Crippen molar-refractivity contribution in [3.8, 4) is 0 Å². The Morgan fingerprint density at radius 1 is 1.35 bits per heavy atom. The lowest BCUT2D eigenvalue weighted by Crippen LogP contribution is -2.45. The van der Waals surface area contributed by atoms with Crippen molar-refractivity contribution in [3.63, 3.8) is 0 Å². The summed E-state index contributed by atoms with van der Waals surface area (Å²) in [7, 11) is 0. The molecule has 1 aromatic rings. The number of hydrogen-bond acceptors (Lipinski definition) is 2. The molecule has 1 atom stereocenters.